The van der Waals surface area contributed by atoms with Gasteiger partial charge in [-0.25, -0.2) is 9.79 Å². The number of esters is 1. The molecule has 0 bridgehead atoms. The van der Waals surface area contributed by atoms with E-state index in [0.29, 0.717) is 15.6 Å². The third kappa shape index (κ3) is 3.15. The quantitative estimate of drug-likeness (QED) is 0.610. The molecule has 3 nitrogen and oxygen atoms in total. The summed E-state index contributed by atoms with van der Waals surface area (Å²) >= 11 is 11.7. The first-order chi connectivity index (χ1) is 10.1. The molecule has 1 aliphatic rings. The zero-order chi connectivity index (χ0) is 14.8. The van der Waals surface area contributed by atoms with Crippen molar-refractivity contribution < 1.29 is 9.53 Å². The van der Waals surface area contributed by atoms with Crippen molar-refractivity contribution in [2.24, 2.45) is 4.99 Å². The second-order valence-electron chi connectivity index (χ2n) is 4.40. The molecule has 0 saturated heterocycles. The van der Waals surface area contributed by atoms with Crippen molar-refractivity contribution in [1.29, 1.82) is 0 Å². The number of aliphatic imine (C=N–C) groups is 1. The highest BCUT2D eigenvalue weighted by Crippen LogP contribution is 2.21. The molecule has 3 rings (SSSR count). The molecule has 0 aliphatic carbocycles. The molecule has 0 saturated carbocycles. The maximum Gasteiger partial charge on any atom is 0.363 e. The van der Waals surface area contributed by atoms with Crippen molar-refractivity contribution in [1.82, 2.24) is 0 Å². The molecule has 0 amide bonds. The van der Waals surface area contributed by atoms with Crippen molar-refractivity contribution >= 4 is 41.1 Å². The molecule has 0 spiro atoms. The summed E-state index contributed by atoms with van der Waals surface area (Å²) in [6.45, 7) is 0. The summed E-state index contributed by atoms with van der Waals surface area (Å²) in [7, 11) is 0. The molecule has 1 heterocycles. The normalized spacial score (nSPS) is 16.0. The number of halogens is 2. The lowest BCUT2D eigenvalue weighted by Crippen LogP contribution is -2.05. The lowest BCUT2D eigenvalue weighted by Gasteiger charge is -1.98. The third-order valence-electron chi connectivity index (χ3n) is 2.87. The van der Waals surface area contributed by atoms with E-state index in [4.69, 9.17) is 27.9 Å². The standard InChI is InChI=1S/C16H9Cl2NO2/c17-12-6-4-10(5-7-12)8-14-16(20)21-15(19-14)11-2-1-3-13(18)9-11/h1-9H/b14-8+. The summed E-state index contributed by atoms with van der Waals surface area (Å²) in [5.41, 5.74) is 1.73. The fourth-order valence-electron chi connectivity index (χ4n) is 1.87. The molecule has 0 fully saturated rings. The van der Waals surface area contributed by atoms with Crippen LogP contribution in [0.4, 0.5) is 0 Å². The minimum absolute atomic E-state index is 0.243. The Morgan fingerprint density at radius 1 is 1.00 bits per heavy atom. The van der Waals surface area contributed by atoms with Gasteiger partial charge >= 0.3 is 5.97 Å². The van der Waals surface area contributed by atoms with Crippen LogP contribution in [0.1, 0.15) is 11.1 Å². The summed E-state index contributed by atoms with van der Waals surface area (Å²) in [5.74, 6) is -0.234. The number of cyclic esters (lactones) is 1. The molecule has 21 heavy (non-hydrogen) atoms. The average Bonchev–Trinajstić information content (AvgIpc) is 2.83. The van der Waals surface area contributed by atoms with Crippen LogP contribution in [0.2, 0.25) is 10.0 Å². The molecule has 0 aromatic heterocycles. The summed E-state index contributed by atoms with van der Waals surface area (Å²) in [6.07, 6.45) is 1.65. The highest BCUT2D eigenvalue weighted by molar-refractivity contribution is 6.31. The Balaban J connectivity index is 1.93. The van der Waals surface area contributed by atoms with Crippen LogP contribution in [-0.4, -0.2) is 11.9 Å². The molecule has 0 atom stereocenters. The summed E-state index contributed by atoms with van der Waals surface area (Å²) in [6, 6.07) is 14.1. The minimum atomic E-state index is -0.486. The van der Waals surface area contributed by atoms with Crippen LogP contribution in [0.5, 0.6) is 0 Å². The largest absolute Gasteiger partial charge is 0.402 e. The van der Waals surface area contributed by atoms with Crippen LogP contribution in [0.15, 0.2) is 59.2 Å². The number of nitrogens with zero attached hydrogens (tertiary/aromatic N) is 1. The first-order valence-electron chi connectivity index (χ1n) is 6.16. The van der Waals surface area contributed by atoms with Crippen LogP contribution in [0, 0.1) is 0 Å². The number of hydrogen-bond donors (Lipinski definition) is 0. The lowest BCUT2D eigenvalue weighted by molar-refractivity contribution is -0.129. The van der Waals surface area contributed by atoms with Gasteiger partial charge in [0.15, 0.2) is 5.70 Å². The summed E-state index contributed by atoms with van der Waals surface area (Å²) in [5, 5.41) is 1.19. The van der Waals surface area contributed by atoms with Gasteiger partial charge in [0.25, 0.3) is 0 Å². The average molecular weight is 318 g/mol. The number of carbonyl (C=O) groups is 1. The molecular formula is C16H9Cl2NO2. The van der Waals surface area contributed by atoms with Crippen LogP contribution in [-0.2, 0) is 9.53 Å². The van der Waals surface area contributed by atoms with E-state index in [1.165, 1.54) is 0 Å². The smallest absolute Gasteiger partial charge is 0.363 e. The minimum Gasteiger partial charge on any atom is -0.402 e. The van der Waals surface area contributed by atoms with Crippen molar-refractivity contribution in [2.75, 3.05) is 0 Å². The highest BCUT2D eigenvalue weighted by Gasteiger charge is 2.24. The fraction of sp³-hybridized carbons (Fsp3) is 0. The Kier molecular flexibility index (Phi) is 3.78. The van der Waals surface area contributed by atoms with Gasteiger partial charge in [-0.05, 0) is 42.0 Å². The third-order valence-corrected chi connectivity index (χ3v) is 3.35. The van der Waals surface area contributed by atoms with Crippen LogP contribution in [0.25, 0.3) is 6.08 Å². The molecule has 0 N–H and O–H groups in total. The molecule has 1 aliphatic heterocycles. The number of ether oxygens (including phenoxy) is 1. The monoisotopic (exact) mass is 317 g/mol. The van der Waals surface area contributed by atoms with Gasteiger partial charge in [0.05, 0.1) is 0 Å². The number of benzene rings is 2. The van der Waals surface area contributed by atoms with E-state index in [9.17, 15) is 4.79 Å². The van der Waals surface area contributed by atoms with Crippen molar-refractivity contribution in [3.8, 4) is 0 Å². The van der Waals surface area contributed by atoms with E-state index in [1.807, 2.05) is 0 Å². The van der Waals surface area contributed by atoms with E-state index in [2.05, 4.69) is 4.99 Å². The van der Waals surface area contributed by atoms with Gasteiger partial charge in [-0.15, -0.1) is 0 Å². The van der Waals surface area contributed by atoms with Gasteiger partial charge < -0.3 is 4.74 Å². The lowest BCUT2D eigenvalue weighted by atomic mass is 10.2. The summed E-state index contributed by atoms with van der Waals surface area (Å²) < 4.78 is 5.17. The summed E-state index contributed by atoms with van der Waals surface area (Å²) in [4.78, 5) is 16.1. The maximum absolute atomic E-state index is 11.9. The van der Waals surface area contributed by atoms with E-state index in [1.54, 1.807) is 54.6 Å². The van der Waals surface area contributed by atoms with Crippen LogP contribution >= 0.6 is 23.2 Å². The fourth-order valence-corrected chi connectivity index (χ4v) is 2.19. The molecular weight excluding hydrogens is 309 g/mol. The number of hydrogen-bond acceptors (Lipinski definition) is 3. The number of carbonyl (C=O) groups excluding carboxylic acids is 1. The van der Waals surface area contributed by atoms with Crippen molar-refractivity contribution in [2.45, 2.75) is 0 Å². The Morgan fingerprint density at radius 3 is 2.48 bits per heavy atom. The molecule has 5 heteroatoms. The van der Waals surface area contributed by atoms with Crippen LogP contribution < -0.4 is 0 Å². The topological polar surface area (TPSA) is 38.7 Å². The Labute approximate surface area is 131 Å². The molecule has 2 aromatic carbocycles. The zero-order valence-electron chi connectivity index (χ0n) is 10.7. The Morgan fingerprint density at radius 2 is 1.76 bits per heavy atom. The van der Waals surface area contributed by atoms with Gasteiger partial charge in [0.1, 0.15) is 0 Å². The predicted molar refractivity (Wildman–Crippen MR) is 83.5 cm³/mol. The maximum atomic E-state index is 11.9. The SMILES string of the molecule is O=C1OC(c2cccc(Cl)c2)=N/C1=C/c1ccc(Cl)cc1. The zero-order valence-corrected chi connectivity index (χ0v) is 12.2. The molecule has 2 aromatic rings. The van der Waals surface area contributed by atoms with Gasteiger partial charge in [-0.2, -0.15) is 0 Å². The van der Waals surface area contributed by atoms with Crippen molar-refractivity contribution in [3.63, 3.8) is 0 Å². The second kappa shape index (κ2) is 5.72. The highest BCUT2D eigenvalue weighted by atomic mass is 35.5. The molecule has 0 radical (unpaired) electrons. The van der Waals surface area contributed by atoms with Gasteiger partial charge in [0, 0.05) is 15.6 Å². The van der Waals surface area contributed by atoms with E-state index >= 15 is 0 Å². The molecule has 104 valence electrons. The van der Waals surface area contributed by atoms with E-state index in [0.717, 1.165) is 5.56 Å². The van der Waals surface area contributed by atoms with Gasteiger partial charge in [-0.3, -0.25) is 0 Å². The van der Waals surface area contributed by atoms with Gasteiger partial charge in [-0.1, -0.05) is 41.4 Å². The van der Waals surface area contributed by atoms with Crippen molar-refractivity contribution in [3.05, 3.63) is 75.4 Å². The van der Waals surface area contributed by atoms with E-state index < -0.39 is 5.97 Å². The molecule has 0 unspecified atom stereocenters. The van der Waals surface area contributed by atoms with Crippen LogP contribution in [0.3, 0.4) is 0 Å². The Bertz CT molecular complexity index is 764. The first-order valence-corrected chi connectivity index (χ1v) is 6.91. The first kappa shape index (κ1) is 13.9. The van der Waals surface area contributed by atoms with E-state index in [-0.39, 0.29) is 11.6 Å². The number of rotatable bonds is 2. The Hall–Kier alpha value is -2.10. The second-order valence-corrected chi connectivity index (χ2v) is 5.27. The van der Waals surface area contributed by atoms with Gasteiger partial charge in [0.2, 0.25) is 5.90 Å². The predicted octanol–water partition coefficient (Wildman–Crippen LogP) is 4.34.